The summed E-state index contributed by atoms with van der Waals surface area (Å²) in [5.74, 6) is 2.95. The first kappa shape index (κ1) is 9.93. The van der Waals surface area contributed by atoms with Gasteiger partial charge < -0.3 is 0 Å². The first-order valence-electron chi connectivity index (χ1n) is 3.68. The number of nitrogens with zero attached hydrogens (tertiary/aromatic N) is 1. The molecule has 0 unspecified atom stereocenters. The number of allylic oxidation sites excluding steroid dienone is 3. The standard InChI is InChI=1S/C10H15N/c1-6-11-10(5)7-9(4)8(2)3/h7-8H,1,4H2,2-3,5H3/b10-7-. The second-order valence-corrected chi connectivity index (χ2v) is 2.79. The molecule has 0 fully saturated rings. The van der Waals surface area contributed by atoms with Gasteiger partial charge in [0.15, 0.2) is 0 Å². The SMILES string of the molecule is C=C=N/C(C)=C\C(=C)C(C)C. The zero-order valence-electron chi connectivity index (χ0n) is 7.52. The normalized spacial score (nSPS) is 11.1. The number of hydrogen-bond donors (Lipinski definition) is 0. The Balaban J connectivity index is 4.31. The van der Waals surface area contributed by atoms with Crippen LogP contribution in [0.25, 0.3) is 0 Å². The minimum atomic E-state index is 0.477. The third-order valence-electron chi connectivity index (χ3n) is 1.39. The average Bonchev–Trinajstić information content (AvgIpc) is 1.87. The zero-order chi connectivity index (χ0) is 8.85. The Morgan fingerprint density at radius 1 is 1.55 bits per heavy atom. The third kappa shape index (κ3) is 4.35. The van der Waals surface area contributed by atoms with Gasteiger partial charge in [0.25, 0.3) is 0 Å². The van der Waals surface area contributed by atoms with Crippen LogP contribution in [0.1, 0.15) is 20.8 Å². The van der Waals surface area contributed by atoms with Gasteiger partial charge in [-0.3, -0.25) is 0 Å². The summed E-state index contributed by atoms with van der Waals surface area (Å²) >= 11 is 0. The summed E-state index contributed by atoms with van der Waals surface area (Å²) < 4.78 is 0. The van der Waals surface area contributed by atoms with Gasteiger partial charge >= 0.3 is 0 Å². The Bertz CT molecular complexity index is 215. The molecule has 1 nitrogen and oxygen atoms in total. The van der Waals surface area contributed by atoms with Gasteiger partial charge in [-0.15, -0.1) is 0 Å². The van der Waals surface area contributed by atoms with Crippen LogP contribution in [0.2, 0.25) is 0 Å². The van der Waals surface area contributed by atoms with Crippen molar-refractivity contribution in [1.82, 2.24) is 0 Å². The molecule has 11 heavy (non-hydrogen) atoms. The van der Waals surface area contributed by atoms with E-state index in [9.17, 15) is 0 Å². The van der Waals surface area contributed by atoms with E-state index >= 15 is 0 Å². The molecule has 0 aromatic heterocycles. The van der Waals surface area contributed by atoms with Gasteiger partial charge in [-0.25, -0.2) is 4.99 Å². The first-order valence-corrected chi connectivity index (χ1v) is 3.68. The highest BCUT2D eigenvalue weighted by Gasteiger charge is 1.95. The quantitative estimate of drug-likeness (QED) is 0.432. The Labute approximate surface area is 68.9 Å². The van der Waals surface area contributed by atoms with Crippen molar-refractivity contribution in [3.8, 4) is 0 Å². The molecule has 0 spiro atoms. The highest BCUT2D eigenvalue weighted by Crippen LogP contribution is 2.10. The second-order valence-electron chi connectivity index (χ2n) is 2.79. The van der Waals surface area contributed by atoms with E-state index in [1.807, 2.05) is 13.0 Å². The van der Waals surface area contributed by atoms with Crippen molar-refractivity contribution in [3.05, 3.63) is 30.5 Å². The molecule has 0 saturated heterocycles. The zero-order valence-corrected chi connectivity index (χ0v) is 7.52. The summed E-state index contributed by atoms with van der Waals surface area (Å²) in [6.45, 7) is 13.4. The van der Waals surface area contributed by atoms with Gasteiger partial charge in [0.1, 0.15) is 0 Å². The monoisotopic (exact) mass is 149 g/mol. The molecule has 0 amide bonds. The molecule has 0 aliphatic carbocycles. The molecule has 0 atom stereocenters. The largest absolute Gasteiger partial charge is 0.212 e. The van der Waals surface area contributed by atoms with Crippen LogP contribution in [0, 0.1) is 5.92 Å². The lowest BCUT2D eigenvalue weighted by Gasteiger charge is -2.02. The van der Waals surface area contributed by atoms with Crippen molar-refractivity contribution in [3.63, 3.8) is 0 Å². The highest BCUT2D eigenvalue weighted by molar-refractivity contribution is 5.49. The first-order chi connectivity index (χ1) is 5.07. The van der Waals surface area contributed by atoms with Gasteiger partial charge in [-0.05, 0) is 31.4 Å². The molecule has 0 aliphatic rings. The number of aliphatic imine (C=N–C) groups is 1. The van der Waals surface area contributed by atoms with Crippen molar-refractivity contribution < 1.29 is 0 Å². The molecule has 0 N–H and O–H groups in total. The Morgan fingerprint density at radius 2 is 2.09 bits per heavy atom. The van der Waals surface area contributed by atoms with Crippen LogP contribution in [-0.4, -0.2) is 5.87 Å². The molecule has 1 heteroatoms. The topological polar surface area (TPSA) is 12.4 Å². The fourth-order valence-electron chi connectivity index (χ4n) is 0.592. The van der Waals surface area contributed by atoms with Crippen LogP contribution in [-0.2, 0) is 0 Å². The van der Waals surface area contributed by atoms with Gasteiger partial charge in [-0.2, -0.15) is 0 Å². The summed E-state index contributed by atoms with van der Waals surface area (Å²) in [5.41, 5.74) is 1.99. The molecule has 0 radical (unpaired) electrons. The van der Waals surface area contributed by atoms with Gasteiger partial charge in [0.2, 0.25) is 0 Å². The average molecular weight is 149 g/mol. The molecule has 0 heterocycles. The van der Waals surface area contributed by atoms with Gasteiger partial charge in [0.05, 0.1) is 0 Å². The van der Waals surface area contributed by atoms with Crippen LogP contribution in [0.3, 0.4) is 0 Å². The molecule has 0 aromatic rings. The smallest absolute Gasteiger partial charge is 0.0475 e. The van der Waals surface area contributed by atoms with E-state index in [2.05, 4.69) is 37.9 Å². The van der Waals surface area contributed by atoms with E-state index in [4.69, 9.17) is 0 Å². The van der Waals surface area contributed by atoms with Crippen molar-refractivity contribution >= 4 is 5.87 Å². The maximum absolute atomic E-state index is 3.89. The predicted octanol–water partition coefficient (Wildman–Crippen LogP) is 2.96. The van der Waals surface area contributed by atoms with Crippen LogP contribution in [0.4, 0.5) is 0 Å². The van der Waals surface area contributed by atoms with Crippen LogP contribution in [0.5, 0.6) is 0 Å². The van der Waals surface area contributed by atoms with Crippen LogP contribution >= 0.6 is 0 Å². The predicted molar refractivity (Wildman–Crippen MR) is 50.8 cm³/mol. The molecule has 0 rings (SSSR count). The molecule has 60 valence electrons. The Morgan fingerprint density at radius 3 is 2.45 bits per heavy atom. The summed E-state index contributed by atoms with van der Waals surface area (Å²) in [5, 5.41) is 0. The van der Waals surface area contributed by atoms with Crippen molar-refractivity contribution in [2.75, 3.05) is 0 Å². The molecule has 0 aromatic carbocycles. The van der Waals surface area contributed by atoms with E-state index in [-0.39, 0.29) is 0 Å². The van der Waals surface area contributed by atoms with E-state index in [0.29, 0.717) is 5.92 Å². The van der Waals surface area contributed by atoms with Crippen molar-refractivity contribution in [2.45, 2.75) is 20.8 Å². The van der Waals surface area contributed by atoms with Crippen molar-refractivity contribution in [2.24, 2.45) is 10.9 Å². The third-order valence-corrected chi connectivity index (χ3v) is 1.39. The van der Waals surface area contributed by atoms with Gasteiger partial charge in [-0.1, -0.05) is 26.0 Å². The van der Waals surface area contributed by atoms with Crippen molar-refractivity contribution in [1.29, 1.82) is 0 Å². The summed E-state index contributed by atoms with van der Waals surface area (Å²) in [4.78, 5) is 3.89. The summed E-state index contributed by atoms with van der Waals surface area (Å²) in [6.07, 6.45) is 1.95. The number of hydrogen-bond acceptors (Lipinski definition) is 1. The lowest BCUT2D eigenvalue weighted by Crippen LogP contribution is -1.88. The summed E-state index contributed by atoms with van der Waals surface area (Å²) in [6, 6.07) is 0. The van der Waals surface area contributed by atoms with Crippen LogP contribution in [0.15, 0.2) is 35.5 Å². The lowest BCUT2D eigenvalue weighted by atomic mass is 10.0. The fourth-order valence-corrected chi connectivity index (χ4v) is 0.592. The fraction of sp³-hybridized carbons (Fsp3) is 0.400. The maximum Gasteiger partial charge on any atom is 0.0475 e. The Hall–Kier alpha value is -1.07. The molecule has 0 bridgehead atoms. The minimum Gasteiger partial charge on any atom is -0.212 e. The molecular weight excluding hydrogens is 134 g/mol. The molecule has 0 aliphatic heterocycles. The lowest BCUT2D eigenvalue weighted by molar-refractivity contribution is 0.793. The van der Waals surface area contributed by atoms with E-state index in [1.165, 1.54) is 0 Å². The highest BCUT2D eigenvalue weighted by atomic mass is 14.7. The minimum absolute atomic E-state index is 0.477. The second kappa shape index (κ2) is 4.70. The van der Waals surface area contributed by atoms with Gasteiger partial charge in [0, 0.05) is 5.70 Å². The summed E-state index contributed by atoms with van der Waals surface area (Å²) in [7, 11) is 0. The maximum atomic E-state index is 3.89. The molecule has 0 saturated carbocycles. The van der Waals surface area contributed by atoms with E-state index in [0.717, 1.165) is 11.3 Å². The van der Waals surface area contributed by atoms with E-state index in [1.54, 1.807) is 0 Å². The molecular formula is C10H15N. The number of rotatable bonds is 3. The van der Waals surface area contributed by atoms with Crippen LogP contribution < -0.4 is 0 Å². The Kier molecular flexibility index (Phi) is 4.24. The van der Waals surface area contributed by atoms with E-state index < -0.39 is 0 Å².